The highest BCUT2D eigenvalue weighted by atomic mass is 16.2. The molecule has 0 unspecified atom stereocenters. The lowest BCUT2D eigenvalue weighted by atomic mass is 10.2. The molecule has 0 radical (unpaired) electrons. The van der Waals surface area contributed by atoms with Crippen LogP contribution in [0.25, 0.3) is 10.9 Å². The molecular weight excluding hydrogens is 238 g/mol. The van der Waals surface area contributed by atoms with E-state index in [0.717, 1.165) is 42.5 Å². The van der Waals surface area contributed by atoms with E-state index in [1.165, 1.54) is 0 Å². The average molecular weight is 255 g/mol. The van der Waals surface area contributed by atoms with Gasteiger partial charge in [-0.25, -0.2) is 0 Å². The zero-order chi connectivity index (χ0) is 13.1. The van der Waals surface area contributed by atoms with Crippen molar-refractivity contribution in [1.82, 2.24) is 9.88 Å². The molecule has 2 aromatic rings. The Bertz CT molecular complexity index is 585. The van der Waals surface area contributed by atoms with Gasteiger partial charge >= 0.3 is 0 Å². The molecule has 0 aliphatic carbocycles. The Kier molecular flexibility index (Phi) is 3.31. The maximum atomic E-state index is 12.0. The van der Waals surface area contributed by atoms with E-state index in [0.29, 0.717) is 6.54 Å². The Morgan fingerprint density at radius 1 is 1.21 bits per heavy atom. The van der Waals surface area contributed by atoms with Crippen molar-refractivity contribution in [3.63, 3.8) is 0 Å². The third-order valence-electron chi connectivity index (χ3n) is 3.54. The number of benzene rings is 1. The molecule has 3 rings (SSSR count). The SMILES string of the molecule is O=C(CNc1ccnc2ccccc12)N1CCCC1. The molecule has 1 saturated heterocycles. The molecule has 4 heteroatoms. The van der Waals surface area contributed by atoms with Gasteiger partial charge in [0.2, 0.25) is 5.91 Å². The third-order valence-corrected chi connectivity index (χ3v) is 3.54. The number of para-hydroxylation sites is 1. The molecule has 98 valence electrons. The molecule has 1 aromatic carbocycles. The Morgan fingerprint density at radius 2 is 2.00 bits per heavy atom. The zero-order valence-corrected chi connectivity index (χ0v) is 10.8. The van der Waals surface area contributed by atoms with Crippen LogP contribution >= 0.6 is 0 Å². The predicted octanol–water partition coefficient (Wildman–Crippen LogP) is 2.27. The second-order valence-electron chi connectivity index (χ2n) is 4.82. The van der Waals surface area contributed by atoms with Gasteiger partial charge in [0.1, 0.15) is 0 Å². The zero-order valence-electron chi connectivity index (χ0n) is 10.8. The number of carbonyl (C=O) groups is 1. The number of fused-ring (bicyclic) bond motifs is 1. The molecule has 1 N–H and O–H groups in total. The average Bonchev–Trinajstić information content (AvgIpc) is 2.99. The molecule has 0 bridgehead atoms. The minimum Gasteiger partial charge on any atom is -0.376 e. The van der Waals surface area contributed by atoms with Crippen LogP contribution in [0.4, 0.5) is 5.69 Å². The summed E-state index contributed by atoms with van der Waals surface area (Å²) in [6.45, 7) is 2.16. The summed E-state index contributed by atoms with van der Waals surface area (Å²) in [5.41, 5.74) is 1.92. The molecule has 1 aliphatic rings. The Balaban J connectivity index is 1.73. The number of amides is 1. The van der Waals surface area contributed by atoms with Gasteiger partial charge in [0.15, 0.2) is 0 Å². The maximum Gasteiger partial charge on any atom is 0.241 e. The summed E-state index contributed by atoms with van der Waals surface area (Å²) in [6, 6.07) is 9.86. The number of anilines is 1. The summed E-state index contributed by atoms with van der Waals surface area (Å²) < 4.78 is 0. The van der Waals surface area contributed by atoms with Gasteiger partial charge in [-0.3, -0.25) is 9.78 Å². The van der Waals surface area contributed by atoms with Crippen molar-refractivity contribution < 1.29 is 4.79 Å². The van der Waals surface area contributed by atoms with Crippen LogP contribution in [-0.4, -0.2) is 35.4 Å². The van der Waals surface area contributed by atoms with E-state index < -0.39 is 0 Å². The van der Waals surface area contributed by atoms with Crippen LogP contribution in [0.3, 0.4) is 0 Å². The fraction of sp³-hybridized carbons (Fsp3) is 0.333. The van der Waals surface area contributed by atoms with Crippen molar-refractivity contribution in [3.05, 3.63) is 36.5 Å². The van der Waals surface area contributed by atoms with Gasteiger partial charge in [-0.05, 0) is 25.0 Å². The third kappa shape index (κ3) is 2.52. The summed E-state index contributed by atoms with van der Waals surface area (Å²) in [7, 11) is 0. The number of hydrogen-bond acceptors (Lipinski definition) is 3. The number of nitrogens with zero attached hydrogens (tertiary/aromatic N) is 2. The fourth-order valence-electron chi connectivity index (χ4n) is 2.50. The minimum atomic E-state index is 0.179. The lowest BCUT2D eigenvalue weighted by Crippen LogP contribution is -2.33. The van der Waals surface area contributed by atoms with Crippen LogP contribution in [-0.2, 0) is 4.79 Å². The standard InChI is InChI=1S/C15H17N3O/c19-15(18-9-3-4-10-18)11-17-14-7-8-16-13-6-2-1-5-12(13)14/h1-2,5-8H,3-4,9-11H2,(H,16,17). The van der Waals surface area contributed by atoms with Crippen LogP contribution in [0, 0.1) is 0 Å². The molecule has 0 atom stereocenters. The number of rotatable bonds is 3. The van der Waals surface area contributed by atoms with E-state index in [2.05, 4.69) is 10.3 Å². The van der Waals surface area contributed by atoms with Crippen LogP contribution in [0.2, 0.25) is 0 Å². The topological polar surface area (TPSA) is 45.2 Å². The second-order valence-corrected chi connectivity index (χ2v) is 4.82. The molecule has 2 heterocycles. The van der Waals surface area contributed by atoms with Crippen LogP contribution in [0.1, 0.15) is 12.8 Å². The normalized spacial score (nSPS) is 14.8. The number of nitrogens with one attached hydrogen (secondary N) is 1. The number of aromatic nitrogens is 1. The fourth-order valence-corrected chi connectivity index (χ4v) is 2.50. The number of carbonyl (C=O) groups excluding carboxylic acids is 1. The summed E-state index contributed by atoms with van der Waals surface area (Å²) in [5.74, 6) is 0.179. The van der Waals surface area contributed by atoms with E-state index in [9.17, 15) is 4.79 Å². The first-order valence-corrected chi connectivity index (χ1v) is 6.70. The van der Waals surface area contributed by atoms with Crippen molar-refractivity contribution in [2.24, 2.45) is 0 Å². The first-order chi connectivity index (χ1) is 9.34. The van der Waals surface area contributed by atoms with Crippen molar-refractivity contribution in [3.8, 4) is 0 Å². The van der Waals surface area contributed by atoms with Gasteiger partial charge in [0.05, 0.1) is 12.1 Å². The molecule has 19 heavy (non-hydrogen) atoms. The lowest BCUT2D eigenvalue weighted by Gasteiger charge is -2.16. The Morgan fingerprint density at radius 3 is 2.84 bits per heavy atom. The molecule has 1 amide bonds. The van der Waals surface area contributed by atoms with Crippen molar-refractivity contribution >= 4 is 22.5 Å². The van der Waals surface area contributed by atoms with E-state index >= 15 is 0 Å². The number of likely N-dealkylation sites (tertiary alicyclic amines) is 1. The molecule has 1 aliphatic heterocycles. The predicted molar refractivity (Wildman–Crippen MR) is 76.0 cm³/mol. The smallest absolute Gasteiger partial charge is 0.241 e. The molecule has 1 fully saturated rings. The molecular formula is C15H17N3O. The Labute approximate surface area is 112 Å². The minimum absolute atomic E-state index is 0.179. The van der Waals surface area contributed by atoms with Crippen molar-refractivity contribution in [1.29, 1.82) is 0 Å². The molecule has 0 saturated carbocycles. The Hall–Kier alpha value is -2.10. The number of hydrogen-bond donors (Lipinski definition) is 1. The highest BCUT2D eigenvalue weighted by Gasteiger charge is 2.17. The molecule has 1 aromatic heterocycles. The van der Waals surface area contributed by atoms with Crippen molar-refractivity contribution in [2.75, 3.05) is 25.0 Å². The first-order valence-electron chi connectivity index (χ1n) is 6.70. The van der Waals surface area contributed by atoms with E-state index in [1.54, 1.807) is 6.20 Å². The van der Waals surface area contributed by atoms with Crippen LogP contribution < -0.4 is 5.32 Å². The molecule has 4 nitrogen and oxygen atoms in total. The largest absolute Gasteiger partial charge is 0.376 e. The van der Waals surface area contributed by atoms with E-state index in [-0.39, 0.29) is 5.91 Å². The van der Waals surface area contributed by atoms with Gasteiger partial charge in [0, 0.05) is 30.4 Å². The lowest BCUT2D eigenvalue weighted by molar-refractivity contribution is -0.128. The summed E-state index contributed by atoms with van der Waals surface area (Å²) in [5, 5.41) is 4.29. The van der Waals surface area contributed by atoms with Crippen LogP contribution in [0.15, 0.2) is 36.5 Å². The van der Waals surface area contributed by atoms with Gasteiger partial charge in [0.25, 0.3) is 0 Å². The first kappa shape index (κ1) is 12.0. The van der Waals surface area contributed by atoms with E-state index in [1.807, 2.05) is 35.2 Å². The van der Waals surface area contributed by atoms with Gasteiger partial charge in [-0.2, -0.15) is 0 Å². The maximum absolute atomic E-state index is 12.0. The van der Waals surface area contributed by atoms with Gasteiger partial charge < -0.3 is 10.2 Å². The van der Waals surface area contributed by atoms with Gasteiger partial charge in [-0.1, -0.05) is 18.2 Å². The highest BCUT2D eigenvalue weighted by Crippen LogP contribution is 2.20. The van der Waals surface area contributed by atoms with E-state index in [4.69, 9.17) is 0 Å². The van der Waals surface area contributed by atoms with Crippen LogP contribution in [0.5, 0.6) is 0 Å². The molecule has 0 spiro atoms. The van der Waals surface area contributed by atoms with Crippen molar-refractivity contribution in [2.45, 2.75) is 12.8 Å². The summed E-state index contributed by atoms with van der Waals surface area (Å²) >= 11 is 0. The number of pyridine rings is 1. The quantitative estimate of drug-likeness (QED) is 0.915. The monoisotopic (exact) mass is 255 g/mol. The van der Waals surface area contributed by atoms with Gasteiger partial charge in [-0.15, -0.1) is 0 Å². The second kappa shape index (κ2) is 5.26. The highest BCUT2D eigenvalue weighted by molar-refractivity contribution is 5.92. The summed E-state index contributed by atoms with van der Waals surface area (Å²) in [4.78, 5) is 18.2. The summed E-state index contributed by atoms with van der Waals surface area (Å²) in [6.07, 6.45) is 4.03.